The summed E-state index contributed by atoms with van der Waals surface area (Å²) in [6, 6.07) is 11.7. The number of alkyl carbamates (subject to hydrolysis) is 1. The number of carbonyl (C=O) groups is 4. The van der Waals surface area contributed by atoms with Gasteiger partial charge in [-0.05, 0) is 69.2 Å². The molecule has 3 amide bonds. The van der Waals surface area contributed by atoms with E-state index < -0.39 is 35.7 Å². The van der Waals surface area contributed by atoms with Crippen molar-refractivity contribution in [3.8, 4) is 0 Å². The lowest BCUT2D eigenvalue weighted by molar-refractivity contribution is -0.122. The molecule has 0 radical (unpaired) electrons. The first-order chi connectivity index (χ1) is 16.9. The number of aliphatic hydroxyl groups is 1. The predicted molar refractivity (Wildman–Crippen MR) is 133 cm³/mol. The second-order valence-corrected chi connectivity index (χ2v) is 9.63. The third kappa shape index (κ3) is 7.54. The summed E-state index contributed by atoms with van der Waals surface area (Å²) in [5, 5.41) is 24.0. The zero-order valence-electron chi connectivity index (χ0n) is 20.5. The van der Waals surface area contributed by atoms with Crippen molar-refractivity contribution in [1.29, 1.82) is 0 Å². The predicted octanol–water partition coefficient (Wildman–Crippen LogP) is 2.95. The van der Waals surface area contributed by atoms with Crippen LogP contribution in [0.25, 0.3) is 0 Å². The largest absolute Gasteiger partial charge is 0.478 e. The number of amides is 3. The number of anilines is 2. The third-order valence-electron chi connectivity index (χ3n) is 5.49. The smallest absolute Gasteiger partial charge is 0.408 e. The van der Waals surface area contributed by atoms with Crippen LogP contribution in [0.3, 0.4) is 0 Å². The minimum atomic E-state index is -1.08. The van der Waals surface area contributed by atoms with E-state index in [0.29, 0.717) is 24.3 Å². The van der Waals surface area contributed by atoms with Crippen molar-refractivity contribution in [3.63, 3.8) is 0 Å². The van der Waals surface area contributed by atoms with Gasteiger partial charge in [-0.15, -0.1) is 0 Å². The van der Waals surface area contributed by atoms with Gasteiger partial charge in [0, 0.05) is 24.3 Å². The lowest BCUT2D eigenvalue weighted by Crippen LogP contribution is -2.47. The topological polar surface area (TPSA) is 145 Å². The molecule has 10 heteroatoms. The Morgan fingerprint density at radius 3 is 2.28 bits per heavy atom. The molecule has 0 saturated carbocycles. The number of ether oxygens (including phenoxy) is 1. The first-order valence-corrected chi connectivity index (χ1v) is 11.6. The number of rotatable bonds is 7. The molecule has 0 spiro atoms. The van der Waals surface area contributed by atoms with E-state index in [1.54, 1.807) is 49.9 Å². The normalized spacial score (nSPS) is 16.7. The number of nitrogens with one attached hydrogen (secondary N) is 2. The molecular formula is C26H31N3O7. The highest BCUT2D eigenvalue weighted by molar-refractivity contribution is 5.97. The number of carboxylic acid groups (broad SMARTS) is 1. The van der Waals surface area contributed by atoms with E-state index in [-0.39, 0.29) is 24.3 Å². The molecule has 2 aromatic rings. The molecule has 0 aliphatic carbocycles. The fourth-order valence-corrected chi connectivity index (χ4v) is 3.72. The Morgan fingerprint density at radius 1 is 1.08 bits per heavy atom. The Morgan fingerprint density at radius 2 is 1.72 bits per heavy atom. The second kappa shape index (κ2) is 11.2. The van der Waals surface area contributed by atoms with Crippen molar-refractivity contribution in [2.45, 2.75) is 57.8 Å². The zero-order chi connectivity index (χ0) is 26.5. The molecule has 1 heterocycles. The Bertz CT molecular complexity index is 1110. The monoisotopic (exact) mass is 497 g/mol. The lowest BCUT2D eigenvalue weighted by Gasteiger charge is -2.29. The van der Waals surface area contributed by atoms with E-state index in [2.05, 4.69) is 10.6 Å². The molecule has 0 unspecified atom stereocenters. The van der Waals surface area contributed by atoms with Gasteiger partial charge in [0.05, 0.1) is 18.1 Å². The molecule has 36 heavy (non-hydrogen) atoms. The van der Waals surface area contributed by atoms with E-state index in [0.717, 1.165) is 5.56 Å². The summed E-state index contributed by atoms with van der Waals surface area (Å²) in [6.07, 6.45) is -0.643. The zero-order valence-corrected chi connectivity index (χ0v) is 20.5. The van der Waals surface area contributed by atoms with Gasteiger partial charge in [0.2, 0.25) is 11.8 Å². The van der Waals surface area contributed by atoms with Crippen molar-refractivity contribution in [3.05, 3.63) is 59.7 Å². The summed E-state index contributed by atoms with van der Waals surface area (Å²) in [4.78, 5) is 50.4. The van der Waals surface area contributed by atoms with E-state index in [1.165, 1.54) is 24.3 Å². The van der Waals surface area contributed by atoms with Crippen LogP contribution >= 0.6 is 0 Å². The second-order valence-electron chi connectivity index (χ2n) is 9.63. The van der Waals surface area contributed by atoms with Crippen molar-refractivity contribution in [2.75, 3.05) is 16.8 Å². The minimum absolute atomic E-state index is 0.0806. The number of aliphatic hydroxyl groups excluding tert-OH is 1. The van der Waals surface area contributed by atoms with Gasteiger partial charge in [-0.2, -0.15) is 0 Å². The summed E-state index contributed by atoms with van der Waals surface area (Å²) in [6.45, 7) is 5.56. The average molecular weight is 498 g/mol. The van der Waals surface area contributed by atoms with E-state index in [4.69, 9.17) is 9.84 Å². The van der Waals surface area contributed by atoms with Gasteiger partial charge >= 0.3 is 12.1 Å². The standard InChI is InChI=1S/C26H31N3O7/c1-26(2,3)36-25(35)28-21(23(32)27-18-8-6-17(7-9-18)24(33)34)14-16-4-10-19(11-5-16)29-13-12-20(30)15-22(29)31/h4-11,20-21,30H,12-15H2,1-3H3,(H,27,32)(H,28,35)(H,33,34)/t20-,21-/m0/s1. The molecule has 1 aliphatic rings. The van der Waals surface area contributed by atoms with Crippen LogP contribution < -0.4 is 15.5 Å². The Labute approximate surface area is 209 Å². The highest BCUT2D eigenvalue weighted by atomic mass is 16.6. The molecule has 2 atom stereocenters. The molecule has 1 fully saturated rings. The molecule has 3 rings (SSSR count). The van der Waals surface area contributed by atoms with Crippen LogP contribution in [0.5, 0.6) is 0 Å². The van der Waals surface area contributed by atoms with Crippen LogP contribution in [0, 0.1) is 0 Å². The number of hydrogen-bond acceptors (Lipinski definition) is 6. The van der Waals surface area contributed by atoms with Gasteiger partial charge in [-0.3, -0.25) is 9.59 Å². The maximum atomic E-state index is 13.1. The van der Waals surface area contributed by atoms with Gasteiger partial charge in [-0.25, -0.2) is 9.59 Å². The average Bonchev–Trinajstić information content (AvgIpc) is 2.78. The maximum Gasteiger partial charge on any atom is 0.408 e. The van der Waals surface area contributed by atoms with E-state index in [1.807, 2.05) is 0 Å². The fraction of sp³-hybridized carbons (Fsp3) is 0.385. The molecular weight excluding hydrogens is 466 g/mol. The number of carboxylic acids is 1. The van der Waals surface area contributed by atoms with Crippen LogP contribution in [-0.4, -0.2) is 58.4 Å². The third-order valence-corrected chi connectivity index (χ3v) is 5.49. The number of benzene rings is 2. The van der Waals surface area contributed by atoms with Crippen LogP contribution in [0.4, 0.5) is 16.2 Å². The van der Waals surface area contributed by atoms with Crippen molar-refractivity contribution >= 4 is 35.3 Å². The molecule has 0 bridgehead atoms. The van der Waals surface area contributed by atoms with Crippen molar-refractivity contribution < 1.29 is 34.1 Å². The Hall–Kier alpha value is -3.92. The fourth-order valence-electron chi connectivity index (χ4n) is 3.72. The first kappa shape index (κ1) is 26.7. The van der Waals surface area contributed by atoms with E-state index >= 15 is 0 Å². The Balaban J connectivity index is 1.74. The van der Waals surface area contributed by atoms with Gasteiger partial charge in [0.15, 0.2) is 0 Å². The van der Waals surface area contributed by atoms with Crippen LogP contribution in [0.1, 0.15) is 49.5 Å². The molecule has 192 valence electrons. The molecule has 1 aliphatic heterocycles. The van der Waals surface area contributed by atoms with Crippen molar-refractivity contribution in [2.24, 2.45) is 0 Å². The number of nitrogens with zero attached hydrogens (tertiary/aromatic N) is 1. The van der Waals surface area contributed by atoms with Gasteiger partial charge in [0.25, 0.3) is 0 Å². The maximum absolute atomic E-state index is 13.1. The summed E-state index contributed by atoms with van der Waals surface area (Å²) in [5.41, 5.74) is 1.13. The number of aromatic carboxylic acids is 1. The summed E-state index contributed by atoms with van der Waals surface area (Å²) < 4.78 is 5.31. The van der Waals surface area contributed by atoms with Gasteiger partial charge < -0.3 is 30.5 Å². The molecule has 2 aromatic carbocycles. The minimum Gasteiger partial charge on any atom is -0.478 e. The summed E-state index contributed by atoms with van der Waals surface area (Å²) in [5.74, 6) is -1.74. The van der Waals surface area contributed by atoms with Crippen LogP contribution in [-0.2, 0) is 20.7 Å². The molecule has 10 nitrogen and oxygen atoms in total. The lowest BCUT2D eigenvalue weighted by atomic mass is 10.0. The number of hydrogen-bond donors (Lipinski definition) is 4. The molecule has 4 N–H and O–H groups in total. The Kier molecular flexibility index (Phi) is 8.31. The summed E-state index contributed by atoms with van der Waals surface area (Å²) >= 11 is 0. The molecule has 0 aromatic heterocycles. The SMILES string of the molecule is CC(C)(C)OC(=O)N[C@@H](Cc1ccc(N2CC[C@H](O)CC2=O)cc1)C(=O)Nc1ccc(C(=O)O)cc1. The van der Waals surface area contributed by atoms with Crippen LogP contribution in [0.2, 0.25) is 0 Å². The quantitative estimate of drug-likeness (QED) is 0.460. The highest BCUT2D eigenvalue weighted by Crippen LogP contribution is 2.22. The molecule has 1 saturated heterocycles. The first-order valence-electron chi connectivity index (χ1n) is 11.6. The van der Waals surface area contributed by atoms with Crippen LogP contribution in [0.15, 0.2) is 48.5 Å². The van der Waals surface area contributed by atoms with Gasteiger partial charge in [-0.1, -0.05) is 12.1 Å². The highest BCUT2D eigenvalue weighted by Gasteiger charge is 2.27. The van der Waals surface area contributed by atoms with Gasteiger partial charge in [0.1, 0.15) is 11.6 Å². The van der Waals surface area contributed by atoms with Crippen molar-refractivity contribution in [1.82, 2.24) is 5.32 Å². The number of carbonyl (C=O) groups excluding carboxylic acids is 3. The summed E-state index contributed by atoms with van der Waals surface area (Å²) in [7, 11) is 0. The van der Waals surface area contributed by atoms with E-state index in [9.17, 15) is 24.3 Å². The number of piperidine rings is 1.